The van der Waals surface area contributed by atoms with E-state index < -0.39 is 4.92 Å². The second-order valence-corrected chi connectivity index (χ2v) is 6.58. The molecule has 2 aromatic carbocycles. The monoisotopic (exact) mass is 392 g/mol. The van der Waals surface area contributed by atoms with Gasteiger partial charge in [0.05, 0.1) is 21.9 Å². The minimum Gasteiger partial charge on any atom is -0.258 e. The number of hydrogen-bond acceptors (Lipinski definition) is 6. The van der Waals surface area contributed by atoms with Gasteiger partial charge < -0.3 is 0 Å². The molecule has 1 N–H and O–H groups in total. The predicted molar refractivity (Wildman–Crippen MR) is 102 cm³/mol. The number of nitrogens with zero attached hydrogens (tertiary/aromatic N) is 3. The van der Waals surface area contributed by atoms with E-state index >= 15 is 0 Å². The van der Waals surface area contributed by atoms with Crippen molar-refractivity contribution in [3.05, 3.63) is 73.6 Å². The lowest BCUT2D eigenvalue weighted by atomic mass is 10.1. The average molecular weight is 393 g/mol. The Morgan fingerprint density at radius 1 is 1.20 bits per heavy atom. The topological polar surface area (TPSA) is 80.4 Å². The van der Waals surface area contributed by atoms with Crippen LogP contribution in [0.3, 0.4) is 0 Å². The molecule has 0 aliphatic heterocycles. The SMILES string of the molecule is O=[N+]([O-])c1ccc(-c2csc(N/N=C/c3ccc(Cl)cc3Cl)n2)cc1. The molecule has 0 aliphatic rings. The lowest BCUT2D eigenvalue weighted by molar-refractivity contribution is -0.384. The minimum atomic E-state index is -0.436. The number of hydrazone groups is 1. The third kappa shape index (κ3) is 4.33. The van der Waals surface area contributed by atoms with Crippen LogP contribution in [0.5, 0.6) is 0 Å². The van der Waals surface area contributed by atoms with Crippen molar-refractivity contribution in [3.8, 4) is 11.3 Å². The largest absolute Gasteiger partial charge is 0.269 e. The molecule has 0 aliphatic carbocycles. The van der Waals surface area contributed by atoms with Crippen molar-refractivity contribution < 1.29 is 4.92 Å². The summed E-state index contributed by atoms with van der Waals surface area (Å²) in [5.74, 6) is 0. The van der Waals surface area contributed by atoms with E-state index in [1.54, 1.807) is 36.5 Å². The van der Waals surface area contributed by atoms with Crippen LogP contribution in [0.15, 0.2) is 52.9 Å². The Labute approximate surface area is 156 Å². The van der Waals surface area contributed by atoms with Gasteiger partial charge in [0, 0.05) is 33.7 Å². The Bertz CT molecular complexity index is 942. The van der Waals surface area contributed by atoms with Gasteiger partial charge in [-0.1, -0.05) is 29.3 Å². The van der Waals surface area contributed by atoms with E-state index in [0.29, 0.717) is 20.9 Å². The van der Waals surface area contributed by atoms with Crippen molar-refractivity contribution in [1.82, 2.24) is 4.98 Å². The van der Waals surface area contributed by atoms with E-state index in [0.717, 1.165) is 11.1 Å². The molecule has 0 amide bonds. The Morgan fingerprint density at radius 2 is 1.96 bits per heavy atom. The Kier molecular flexibility index (Phi) is 5.28. The second kappa shape index (κ2) is 7.60. The first-order chi connectivity index (χ1) is 12.0. The summed E-state index contributed by atoms with van der Waals surface area (Å²) in [6.07, 6.45) is 1.58. The van der Waals surface area contributed by atoms with Gasteiger partial charge in [0.25, 0.3) is 5.69 Å². The zero-order chi connectivity index (χ0) is 17.8. The van der Waals surface area contributed by atoms with Gasteiger partial charge in [0.15, 0.2) is 0 Å². The zero-order valence-corrected chi connectivity index (χ0v) is 14.8. The number of thiazole rings is 1. The first kappa shape index (κ1) is 17.3. The maximum Gasteiger partial charge on any atom is 0.269 e. The van der Waals surface area contributed by atoms with E-state index in [9.17, 15) is 10.1 Å². The molecule has 6 nitrogen and oxygen atoms in total. The summed E-state index contributed by atoms with van der Waals surface area (Å²) < 4.78 is 0. The van der Waals surface area contributed by atoms with E-state index in [1.807, 2.05) is 5.38 Å². The highest BCUT2D eigenvalue weighted by Crippen LogP contribution is 2.26. The van der Waals surface area contributed by atoms with Crippen LogP contribution < -0.4 is 5.43 Å². The van der Waals surface area contributed by atoms with Crippen molar-refractivity contribution in [2.24, 2.45) is 5.10 Å². The lowest BCUT2D eigenvalue weighted by Crippen LogP contribution is -1.91. The summed E-state index contributed by atoms with van der Waals surface area (Å²) in [5, 5.41) is 18.3. The molecule has 1 heterocycles. The van der Waals surface area contributed by atoms with Gasteiger partial charge in [-0.2, -0.15) is 5.10 Å². The van der Waals surface area contributed by atoms with Crippen LogP contribution in [0.4, 0.5) is 10.8 Å². The number of nitrogens with one attached hydrogen (secondary N) is 1. The summed E-state index contributed by atoms with van der Waals surface area (Å²) in [7, 11) is 0. The molecule has 9 heteroatoms. The summed E-state index contributed by atoms with van der Waals surface area (Å²) in [6.45, 7) is 0. The predicted octanol–water partition coefficient (Wildman–Crippen LogP) is 5.47. The van der Waals surface area contributed by atoms with Crippen LogP contribution in [0, 0.1) is 10.1 Å². The molecule has 0 spiro atoms. The van der Waals surface area contributed by atoms with Crippen molar-refractivity contribution in [1.29, 1.82) is 0 Å². The number of benzene rings is 2. The molecule has 0 fully saturated rings. The second-order valence-electron chi connectivity index (χ2n) is 4.88. The maximum atomic E-state index is 10.7. The van der Waals surface area contributed by atoms with Gasteiger partial charge in [-0.25, -0.2) is 4.98 Å². The van der Waals surface area contributed by atoms with Gasteiger partial charge in [0.2, 0.25) is 5.13 Å². The molecule has 0 saturated carbocycles. The fraction of sp³-hybridized carbons (Fsp3) is 0. The van der Waals surface area contributed by atoms with Gasteiger partial charge in [-0.15, -0.1) is 11.3 Å². The van der Waals surface area contributed by atoms with Crippen LogP contribution in [-0.4, -0.2) is 16.1 Å². The highest BCUT2D eigenvalue weighted by atomic mass is 35.5. The van der Waals surface area contributed by atoms with E-state index in [1.165, 1.54) is 23.5 Å². The van der Waals surface area contributed by atoms with Crippen LogP contribution in [0.1, 0.15) is 5.56 Å². The van der Waals surface area contributed by atoms with Crippen molar-refractivity contribution in [2.75, 3.05) is 5.43 Å². The van der Waals surface area contributed by atoms with Crippen LogP contribution in [0.2, 0.25) is 10.0 Å². The number of aromatic nitrogens is 1. The lowest BCUT2D eigenvalue weighted by Gasteiger charge is -1.98. The van der Waals surface area contributed by atoms with Crippen LogP contribution >= 0.6 is 34.5 Å². The number of halogens is 2. The van der Waals surface area contributed by atoms with Crippen molar-refractivity contribution in [2.45, 2.75) is 0 Å². The standard InChI is InChI=1S/C16H10Cl2N4O2S/c17-12-4-1-11(14(18)7-12)8-19-21-16-20-15(9-25-16)10-2-5-13(6-3-10)22(23)24/h1-9H,(H,20,21)/b19-8+. The molecule has 3 rings (SSSR count). The number of rotatable bonds is 5. The molecule has 0 unspecified atom stereocenters. The smallest absolute Gasteiger partial charge is 0.258 e. The fourth-order valence-corrected chi connectivity index (χ4v) is 3.10. The molecule has 0 bridgehead atoms. The first-order valence-electron chi connectivity index (χ1n) is 6.97. The van der Waals surface area contributed by atoms with Crippen LogP contribution in [0.25, 0.3) is 11.3 Å². The quantitative estimate of drug-likeness (QED) is 0.354. The first-order valence-corrected chi connectivity index (χ1v) is 8.61. The van der Waals surface area contributed by atoms with Crippen molar-refractivity contribution in [3.63, 3.8) is 0 Å². The summed E-state index contributed by atoms with van der Waals surface area (Å²) >= 11 is 13.3. The molecular weight excluding hydrogens is 383 g/mol. The number of hydrogen-bond donors (Lipinski definition) is 1. The Hall–Kier alpha value is -2.48. The van der Waals surface area contributed by atoms with Gasteiger partial charge in [0.1, 0.15) is 0 Å². The highest BCUT2D eigenvalue weighted by Gasteiger charge is 2.08. The van der Waals surface area contributed by atoms with Crippen LogP contribution in [-0.2, 0) is 0 Å². The summed E-state index contributed by atoms with van der Waals surface area (Å²) in [5.41, 5.74) is 5.10. The van der Waals surface area contributed by atoms with Crippen molar-refractivity contribution >= 4 is 51.6 Å². The molecule has 0 radical (unpaired) electrons. The third-order valence-corrected chi connectivity index (χ3v) is 4.51. The summed E-state index contributed by atoms with van der Waals surface area (Å²) in [4.78, 5) is 14.6. The number of nitro groups is 1. The highest BCUT2D eigenvalue weighted by molar-refractivity contribution is 7.14. The van der Waals surface area contributed by atoms with Gasteiger partial charge in [-0.3, -0.25) is 15.5 Å². The fourth-order valence-electron chi connectivity index (χ4n) is 1.97. The average Bonchev–Trinajstić information content (AvgIpc) is 3.06. The molecule has 25 heavy (non-hydrogen) atoms. The molecule has 126 valence electrons. The Morgan fingerprint density at radius 3 is 2.64 bits per heavy atom. The third-order valence-electron chi connectivity index (χ3n) is 3.20. The molecule has 1 aromatic heterocycles. The van der Waals surface area contributed by atoms with E-state index in [4.69, 9.17) is 23.2 Å². The molecule has 0 atom stereocenters. The number of non-ortho nitro benzene ring substituents is 1. The van der Waals surface area contributed by atoms with Gasteiger partial charge in [-0.05, 0) is 24.3 Å². The Balaban J connectivity index is 1.69. The van der Waals surface area contributed by atoms with E-state index in [-0.39, 0.29) is 5.69 Å². The molecule has 3 aromatic rings. The zero-order valence-electron chi connectivity index (χ0n) is 12.5. The number of nitro benzene ring substituents is 1. The van der Waals surface area contributed by atoms with Gasteiger partial charge >= 0.3 is 0 Å². The molecular formula is C16H10Cl2N4O2S. The summed E-state index contributed by atoms with van der Waals surface area (Å²) in [6, 6.07) is 11.3. The van der Waals surface area contributed by atoms with E-state index in [2.05, 4.69) is 15.5 Å². The number of anilines is 1. The maximum absolute atomic E-state index is 10.7. The molecule has 0 saturated heterocycles. The normalized spacial score (nSPS) is 11.0. The minimum absolute atomic E-state index is 0.0433.